The molecule has 2 aromatic rings. The molecule has 2 aromatic carbocycles. The third-order valence-electron chi connectivity index (χ3n) is 3.80. The van der Waals surface area contributed by atoms with Gasteiger partial charge in [-0.25, -0.2) is 13.6 Å². The highest BCUT2D eigenvalue weighted by atomic mass is 32.2. The smallest absolute Gasteiger partial charge is 0.227 e. The first-order valence-corrected chi connectivity index (χ1v) is 9.27. The Kier molecular flexibility index (Phi) is 4.55. The van der Waals surface area contributed by atoms with Gasteiger partial charge in [0.2, 0.25) is 15.9 Å². The van der Waals surface area contributed by atoms with E-state index in [0.717, 1.165) is 0 Å². The van der Waals surface area contributed by atoms with Crippen molar-refractivity contribution in [2.24, 2.45) is 11.1 Å². The molecule has 2 N–H and O–H groups in total. The number of ether oxygens (including phenoxy) is 1. The van der Waals surface area contributed by atoms with Crippen molar-refractivity contribution in [3.8, 4) is 11.5 Å². The maximum Gasteiger partial charge on any atom is 0.227 e. The Hall–Kier alpha value is -2.38. The first-order valence-electron chi connectivity index (χ1n) is 7.55. The van der Waals surface area contributed by atoms with Crippen LogP contribution in [0.25, 0.3) is 0 Å². The molecule has 0 bridgehead atoms. The van der Waals surface area contributed by atoms with Crippen LogP contribution >= 0.6 is 0 Å². The average Bonchev–Trinajstić information content (AvgIpc) is 2.87. The summed E-state index contributed by atoms with van der Waals surface area (Å²) in [7, 11) is -3.61. The van der Waals surface area contributed by atoms with Gasteiger partial charge in [-0.3, -0.25) is 4.79 Å². The molecule has 7 heteroatoms. The van der Waals surface area contributed by atoms with Gasteiger partial charge >= 0.3 is 0 Å². The Morgan fingerprint density at radius 2 is 1.75 bits per heavy atom. The second-order valence-corrected chi connectivity index (χ2v) is 7.45. The number of hydrogen-bond acceptors (Lipinski definition) is 4. The molecule has 1 aliphatic heterocycles. The fourth-order valence-corrected chi connectivity index (χ4v) is 3.72. The van der Waals surface area contributed by atoms with Crippen molar-refractivity contribution in [3.63, 3.8) is 0 Å². The number of primary sulfonamides is 1. The molecule has 126 valence electrons. The molecule has 0 aliphatic carbocycles. The van der Waals surface area contributed by atoms with Crippen LogP contribution < -0.4 is 14.8 Å². The summed E-state index contributed by atoms with van der Waals surface area (Å²) in [5.74, 6) is 0.577. The lowest BCUT2D eigenvalue weighted by Crippen LogP contribution is -2.27. The van der Waals surface area contributed by atoms with Crippen molar-refractivity contribution in [1.82, 2.24) is 0 Å². The predicted molar refractivity (Wildman–Crippen MR) is 91.4 cm³/mol. The number of carbonyl (C=O) groups excluding carboxylic acids is 1. The number of para-hydroxylation sites is 3. The molecule has 0 saturated carbocycles. The molecule has 6 nitrogen and oxygen atoms in total. The van der Waals surface area contributed by atoms with Crippen molar-refractivity contribution in [2.75, 3.05) is 17.2 Å². The molecular formula is C17H18N2O4S. The number of nitrogens with two attached hydrogens (primary N) is 1. The van der Waals surface area contributed by atoms with E-state index in [1.807, 2.05) is 42.5 Å². The summed E-state index contributed by atoms with van der Waals surface area (Å²) in [4.78, 5) is 13.9. The molecule has 1 heterocycles. The van der Waals surface area contributed by atoms with Gasteiger partial charge in [0, 0.05) is 18.9 Å². The highest BCUT2D eigenvalue weighted by Gasteiger charge is 2.34. The molecule has 0 spiro atoms. The maximum absolute atomic E-state index is 12.3. The third-order valence-corrected chi connectivity index (χ3v) is 4.74. The number of carbonyl (C=O) groups is 1. The average molecular weight is 346 g/mol. The van der Waals surface area contributed by atoms with E-state index >= 15 is 0 Å². The Morgan fingerprint density at radius 3 is 2.46 bits per heavy atom. The maximum atomic E-state index is 12.3. The largest absolute Gasteiger partial charge is 0.455 e. The fraction of sp³-hybridized carbons (Fsp3) is 0.235. The van der Waals surface area contributed by atoms with Crippen LogP contribution in [0.3, 0.4) is 0 Å². The number of anilines is 1. The second-order valence-electron chi connectivity index (χ2n) is 5.79. The molecule has 0 aromatic heterocycles. The zero-order valence-electron chi connectivity index (χ0n) is 13.0. The minimum Gasteiger partial charge on any atom is -0.455 e. The van der Waals surface area contributed by atoms with Crippen LogP contribution in [0.4, 0.5) is 5.69 Å². The second kappa shape index (κ2) is 6.62. The van der Waals surface area contributed by atoms with Crippen molar-refractivity contribution < 1.29 is 17.9 Å². The lowest BCUT2D eigenvalue weighted by Gasteiger charge is -2.20. The molecule has 24 heavy (non-hydrogen) atoms. The number of sulfonamides is 1. The number of rotatable bonds is 5. The van der Waals surface area contributed by atoms with Crippen LogP contribution in [0, 0.1) is 5.92 Å². The molecular weight excluding hydrogens is 328 g/mol. The minimum atomic E-state index is -3.61. The number of hydrogen-bond donors (Lipinski definition) is 1. The van der Waals surface area contributed by atoms with E-state index in [4.69, 9.17) is 9.88 Å². The van der Waals surface area contributed by atoms with E-state index in [9.17, 15) is 13.2 Å². The first kappa shape index (κ1) is 16.5. The molecule has 1 atom stereocenters. The molecule has 1 unspecified atom stereocenters. The van der Waals surface area contributed by atoms with Crippen LogP contribution in [0.1, 0.15) is 6.42 Å². The Morgan fingerprint density at radius 1 is 1.08 bits per heavy atom. The summed E-state index contributed by atoms with van der Waals surface area (Å²) >= 11 is 0. The summed E-state index contributed by atoms with van der Waals surface area (Å²) in [5, 5.41) is 5.09. The van der Waals surface area contributed by atoms with Crippen molar-refractivity contribution in [2.45, 2.75) is 6.42 Å². The van der Waals surface area contributed by atoms with Gasteiger partial charge in [-0.1, -0.05) is 30.3 Å². The molecule has 1 fully saturated rings. The van der Waals surface area contributed by atoms with E-state index in [1.54, 1.807) is 17.0 Å². The lowest BCUT2D eigenvalue weighted by atomic mass is 10.1. The highest BCUT2D eigenvalue weighted by Crippen LogP contribution is 2.35. The zero-order valence-corrected chi connectivity index (χ0v) is 13.8. The number of nitrogens with zero attached hydrogens (tertiary/aromatic N) is 1. The Bertz CT molecular complexity index is 837. The molecule has 1 amide bonds. The summed E-state index contributed by atoms with van der Waals surface area (Å²) < 4.78 is 28.4. The molecule has 1 aliphatic rings. The molecule has 1 saturated heterocycles. The normalized spacial score (nSPS) is 18.0. The predicted octanol–water partition coefficient (Wildman–Crippen LogP) is 2.12. The third kappa shape index (κ3) is 3.93. The molecule has 0 radical (unpaired) electrons. The quantitative estimate of drug-likeness (QED) is 0.898. The highest BCUT2D eigenvalue weighted by molar-refractivity contribution is 7.89. The van der Waals surface area contributed by atoms with Gasteiger partial charge in [0.25, 0.3) is 0 Å². The van der Waals surface area contributed by atoms with E-state index in [1.165, 1.54) is 0 Å². The van der Waals surface area contributed by atoms with Crippen molar-refractivity contribution in [1.29, 1.82) is 0 Å². The summed E-state index contributed by atoms with van der Waals surface area (Å²) in [5.41, 5.74) is 0.628. The molecule has 3 rings (SSSR count). The van der Waals surface area contributed by atoms with Crippen LogP contribution in [0.5, 0.6) is 11.5 Å². The van der Waals surface area contributed by atoms with Gasteiger partial charge in [0.05, 0.1) is 11.4 Å². The van der Waals surface area contributed by atoms with Gasteiger partial charge in [-0.15, -0.1) is 0 Å². The standard InChI is InChI=1S/C17H18N2O4S/c18-24(21,22)12-13-10-17(20)19(11-13)15-8-4-5-9-16(15)23-14-6-2-1-3-7-14/h1-9,13H,10-12H2,(H2,18,21,22). The van der Waals surface area contributed by atoms with E-state index < -0.39 is 10.0 Å². The Balaban J connectivity index is 1.83. The van der Waals surface area contributed by atoms with E-state index in [-0.39, 0.29) is 24.0 Å². The van der Waals surface area contributed by atoms with Crippen LogP contribution in [-0.4, -0.2) is 26.6 Å². The van der Waals surface area contributed by atoms with E-state index in [2.05, 4.69) is 0 Å². The van der Waals surface area contributed by atoms with Crippen LogP contribution in [0.2, 0.25) is 0 Å². The minimum absolute atomic E-state index is 0.132. The van der Waals surface area contributed by atoms with E-state index in [0.29, 0.717) is 23.7 Å². The topological polar surface area (TPSA) is 89.7 Å². The monoisotopic (exact) mass is 346 g/mol. The van der Waals surface area contributed by atoms with Gasteiger partial charge in [-0.2, -0.15) is 0 Å². The summed E-state index contributed by atoms with van der Waals surface area (Å²) in [6, 6.07) is 16.5. The van der Waals surface area contributed by atoms with Crippen molar-refractivity contribution >= 4 is 21.6 Å². The van der Waals surface area contributed by atoms with Gasteiger partial charge < -0.3 is 9.64 Å². The van der Waals surface area contributed by atoms with Gasteiger partial charge in [0.15, 0.2) is 5.75 Å². The van der Waals surface area contributed by atoms with Crippen molar-refractivity contribution in [3.05, 3.63) is 54.6 Å². The SMILES string of the molecule is NS(=O)(=O)CC1CC(=O)N(c2ccccc2Oc2ccccc2)C1. The first-order chi connectivity index (χ1) is 11.4. The van der Waals surface area contributed by atoms with Crippen LogP contribution in [0.15, 0.2) is 54.6 Å². The fourth-order valence-electron chi connectivity index (χ4n) is 2.84. The van der Waals surface area contributed by atoms with Gasteiger partial charge in [0.1, 0.15) is 5.75 Å². The number of benzene rings is 2. The summed E-state index contributed by atoms with van der Waals surface area (Å²) in [6.45, 7) is 0.310. The Labute approximate surface area is 140 Å². The van der Waals surface area contributed by atoms with Gasteiger partial charge in [-0.05, 0) is 24.3 Å². The zero-order chi connectivity index (χ0) is 17.2. The van der Waals surface area contributed by atoms with Crippen LogP contribution in [-0.2, 0) is 14.8 Å². The summed E-state index contributed by atoms with van der Waals surface area (Å²) in [6.07, 6.45) is 0.163. The number of amides is 1. The lowest BCUT2D eigenvalue weighted by molar-refractivity contribution is -0.117.